The zero-order valence-electron chi connectivity index (χ0n) is 16.6. The Balaban J connectivity index is 0.00000256. The molecule has 1 saturated heterocycles. The molecule has 1 aliphatic rings. The van der Waals surface area contributed by atoms with Crippen molar-refractivity contribution < 1.29 is 4.79 Å². The Morgan fingerprint density at radius 2 is 1.77 bits per heavy atom. The average molecular weight is 446 g/mol. The Hall–Kier alpha value is -2.38. The van der Waals surface area contributed by atoms with Gasteiger partial charge < -0.3 is 5.73 Å². The molecular formula is C22H25Cl2N5O. The Morgan fingerprint density at radius 3 is 2.47 bits per heavy atom. The number of piperidine rings is 1. The van der Waals surface area contributed by atoms with Gasteiger partial charge in [0, 0.05) is 42.1 Å². The van der Waals surface area contributed by atoms with Crippen LogP contribution in [0.15, 0.2) is 54.7 Å². The number of imidazole rings is 1. The maximum Gasteiger partial charge on any atom is 0.285 e. The van der Waals surface area contributed by atoms with E-state index in [0.717, 1.165) is 42.7 Å². The summed E-state index contributed by atoms with van der Waals surface area (Å²) in [6.45, 7) is 2.12. The highest BCUT2D eigenvalue weighted by Gasteiger charge is 2.20. The third-order valence-corrected chi connectivity index (χ3v) is 5.39. The highest BCUT2D eigenvalue weighted by molar-refractivity contribution is 6.30. The molecule has 2 heterocycles. The van der Waals surface area contributed by atoms with Crippen molar-refractivity contribution in [3.63, 3.8) is 0 Å². The Morgan fingerprint density at radius 1 is 1.07 bits per heavy atom. The molecular weight excluding hydrogens is 421 g/mol. The number of nitrogens with two attached hydrogens (primary N) is 1. The van der Waals surface area contributed by atoms with E-state index in [1.54, 1.807) is 6.20 Å². The highest BCUT2D eigenvalue weighted by atomic mass is 35.5. The number of aromatic nitrogens is 2. The smallest absolute Gasteiger partial charge is 0.285 e. The zero-order chi connectivity index (χ0) is 20.2. The number of nitrogens with zero attached hydrogens (tertiary/aromatic N) is 3. The van der Waals surface area contributed by atoms with Crippen LogP contribution >= 0.6 is 24.0 Å². The number of amides is 1. The summed E-state index contributed by atoms with van der Waals surface area (Å²) in [5, 5.41) is 2.63. The summed E-state index contributed by atoms with van der Waals surface area (Å²) in [7, 11) is 0. The van der Waals surface area contributed by atoms with Gasteiger partial charge in [-0.15, -0.1) is 12.4 Å². The van der Waals surface area contributed by atoms with Crippen LogP contribution in [0.5, 0.6) is 0 Å². The van der Waals surface area contributed by atoms with Crippen LogP contribution in [0.1, 0.15) is 35.3 Å². The van der Waals surface area contributed by atoms with Crippen LogP contribution in [0, 0.1) is 0 Å². The highest BCUT2D eigenvalue weighted by Crippen LogP contribution is 2.27. The number of carbonyl (C=O) groups is 1. The van der Waals surface area contributed by atoms with Crippen LogP contribution in [0.25, 0.3) is 17.1 Å². The first-order chi connectivity index (χ1) is 14.2. The second-order valence-corrected chi connectivity index (χ2v) is 7.58. The molecule has 4 rings (SSSR count). The third-order valence-electron chi connectivity index (χ3n) is 5.14. The molecule has 6 nitrogen and oxygen atoms in total. The fraction of sp³-hybridized carbons (Fsp3) is 0.273. The SMILES string of the molecule is Cl.NCc1ccccc1-c1nc(C(=O)NN2CCCCC2)cn1-c1ccc(Cl)cc1. The van der Waals surface area contributed by atoms with E-state index in [1.807, 2.05) is 58.1 Å². The molecule has 1 fully saturated rings. The maximum absolute atomic E-state index is 12.9. The lowest BCUT2D eigenvalue weighted by molar-refractivity contribution is 0.0745. The Kier molecular flexibility index (Phi) is 7.50. The summed E-state index contributed by atoms with van der Waals surface area (Å²) < 4.78 is 1.91. The van der Waals surface area contributed by atoms with E-state index in [9.17, 15) is 4.79 Å². The fourth-order valence-corrected chi connectivity index (χ4v) is 3.73. The van der Waals surface area contributed by atoms with Crippen molar-refractivity contribution in [2.24, 2.45) is 5.73 Å². The predicted molar refractivity (Wildman–Crippen MR) is 122 cm³/mol. The molecule has 1 amide bonds. The maximum atomic E-state index is 12.9. The normalized spacial score (nSPS) is 14.2. The molecule has 1 aliphatic heterocycles. The third kappa shape index (κ3) is 4.84. The van der Waals surface area contributed by atoms with E-state index in [4.69, 9.17) is 17.3 Å². The van der Waals surface area contributed by atoms with Crippen molar-refractivity contribution in [2.45, 2.75) is 25.8 Å². The van der Waals surface area contributed by atoms with Gasteiger partial charge in [-0.1, -0.05) is 42.3 Å². The van der Waals surface area contributed by atoms with Gasteiger partial charge in [0.1, 0.15) is 11.5 Å². The molecule has 0 unspecified atom stereocenters. The summed E-state index contributed by atoms with van der Waals surface area (Å²) in [6, 6.07) is 15.3. The number of hydrogen-bond donors (Lipinski definition) is 2. The first kappa shape index (κ1) is 22.3. The molecule has 3 aromatic rings. The minimum atomic E-state index is -0.203. The van der Waals surface area contributed by atoms with Gasteiger partial charge in [-0.05, 0) is 42.7 Å². The molecule has 8 heteroatoms. The molecule has 0 spiro atoms. The van der Waals surface area contributed by atoms with Gasteiger partial charge in [-0.25, -0.2) is 9.99 Å². The lowest BCUT2D eigenvalue weighted by Crippen LogP contribution is -2.45. The van der Waals surface area contributed by atoms with Crippen molar-refractivity contribution in [1.29, 1.82) is 0 Å². The zero-order valence-corrected chi connectivity index (χ0v) is 18.1. The van der Waals surface area contributed by atoms with E-state index >= 15 is 0 Å². The van der Waals surface area contributed by atoms with Gasteiger partial charge in [0.2, 0.25) is 0 Å². The van der Waals surface area contributed by atoms with Gasteiger partial charge in [-0.3, -0.25) is 14.8 Å². The van der Waals surface area contributed by atoms with Gasteiger partial charge >= 0.3 is 0 Å². The lowest BCUT2D eigenvalue weighted by Gasteiger charge is -2.26. The number of rotatable bonds is 5. The Labute approximate surface area is 187 Å². The van der Waals surface area contributed by atoms with E-state index in [-0.39, 0.29) is 18.3 Å². The number of benzene rings is 2. The van der Waals surface area contributed by atoms with Gasteiger partial charge in [0.05, 0.1) is 0 Å². The van der Waals surface area contributed by atoms with Crippen LogP contribution in [0.3, 0.4) is 0 Å². The first-order valence-corrected chi connectivity index (χ1v) is 10.2. The molecule has 1 aromatic heterocycles. The summed E-state index contributed by atoms with van der Waals surface area (Å²) in [6.07, 6.45) is 5.16. The average Bonchev–Trinajstić information content (AvgIpc) is 3.20. The molecule has 30 heavy (non-hydrogen) atoms. The van der Waals surface area contributed by atoms with Crippen LogP contribution in [-0.4, -0.2) is 33.6 Å². The van der Waals surface area contributed by atoms with E-state index in [0.29, 0.717) is 23.1 Å². The number of halogens is 2. The van der Waals surface area contributed by atoms with Gasteiger partial charge in [-0.2, -0.15) is 0 Å². The Bertz CT molecular complexity index is 997. The van der Waals surface area contributed by atoms with Gasteiger partial charge in [0.15, 0.2) is 0 Å². The van der Waals surface area contributed by atoms with Crippen LogP contribution in [0.2, 0.25) is 5.02 Å². The predicted octanol–water partition coefficient (Wildman–Crippen LogP) is 4.20. The quantitative estimate of drug-likeness (QED) is 0.616. The van der Waals surface area contributed by atoms with Crippen molar-refractivity contribution >= 4 is 29.9 Å². The van der Waals surface area contributed by atoms with Gasteiger partial charge in [0.25, 0.3) is 5.91 Å². The molecule has 0 radical (unpaired) electrons. The second-order valence-electron chi connectivity index (χ2n) is 7.15. The van der Waals surface area contributed by atoms with E-state index in [1.165, 1.54) is 6.42 Å². The van der Waals surface area contributed by atoms with Crippen molar-refractivity contribution in [3.05, 3.63) is 71.0 Å². The van der Waals surface area contributed by atoms with E-state index in [2.05, 4.69) is 10.4 Å². The summed E-state index contributed by atoms with van der Waals surface area (Å²) >= 11 is 6.06. The summed E-state index contributed by atoms with van der Waals surface area (Å²) in [5.41, 5.74) is 12.1. The molecule has 0 saturated carbocycles. The van der Waals surface area contributed by atoms with Crippen LogP contribution in [0.4, 0.5) is 0 Å². The van der Waals surface area contributed by atoms with Crippen molar-refractivity contribution in [1.82, 2.24) is 20.0 Å². The summed E-state index contributed by atoms with van der Waals surface area (Å²) in [5.74, 6) is 0.475. The summed E-state index contributed by atoms with van der Waals surface area (Å²) in [4.78, 5) is 17.6. The minimum Gasteiger partial charge on any atom is -0.326 e. The van der Waals surface area contributed by atoms with E-state index < -0.39 is 0 Å². The monoisotopic (exact) mass is 445 g/mol. The minimum absolute atomic E-state index is 0. The number of hydrazine groups is 1. The molecule has 0 bridgehead atoms. The topological polar surface area (TPSA) is 76.2 Å². The molecule has 0 aliphatic carbocycles. The number of hydrogen-bond acceptors (Lipinski definition) is 4. The first-order valence-electron chi connectivity index (χ1n) is 9.85. The lowest BCUT2D eigenvalue weighted by atomic mass is 10.1. The molecule has 2 aromatic carbocycles. The van der Waals surface area contributed by atoms with Crippen LogP contribution in [-0.2, 0) is 6.54 Å². The van der Waals surface area contributed by atoms with Crippen molar-refractivity contribution in [3.8, 4) is 17.1 Å². The second kappa shape index (κ2) is 10.1. The number of carbonyl (C=O) groups excluding carboxylic acids is 1. The molecule has 3 N–H and O–H groups in total. The van der Waals surface area contributed by atoms with Crippen LogP contribution < -0.4 is 11.2 Å². The van der Waals surface area contributed by atoms with Crippen molar-refractivity contribution in [2.75, 3.05) is 13.1 Å². The standard InChI is InChI=1S/C22H24ClN5O.ClH/c23-17-8-10-18(11-9-17)28-15-20(22(29)26-27-12-4-1-5-13-27)25-21(28)19-7-3-2-6-16(19)14-24;/h2-3,6-11,15H,1,4-5,12-14,24H2,(H,26,29);1H. The largest absolute Gasteiger partial charge is 0.326 e. The fourth-order valence-electron chi connectivity index (χ4n) is 3.60. The number of nitrogens with one attached hydrogen (secondary N) is 1. The molecule has 158 valence electrons. The molecule has 0 atom stereocenters.